The van der Waals surface area contributed by atoms with E-state index >= 15 is 0 Å². The standard InChI is InChI=1S/C26H33NO3/c1-17(28)30-20-10-12-25(2)19(15-20)6-7-21-23-9-8-22(18-5-4-14-27(29)16-18)26(23,3)13-11-24(21)25/h4-6,8,14,16,20-21,23-24H,7,9-13,15H2,1-3H3/t20-,21?,23?,24?,25-,26+/m0/s1. The van der Waals surface area contributed by atoms with Crippen molar-refractivity contribution in [3.8, 4) is 0 Å². The van der Waals surface area contributed by atoms with Gasteiger partial charge in [0.15, 0.2) is 12.4 Å². The Morgan fingerprint density at radius 1 is 1.13 bits per heavy atom. The Morgan fingerprint density at radius 2 is 1.93 bits per heavy atom. The molecule has 4 nitrogen and oxygen atoms in total. The predicted octanol–water partition coefficient (Wildman–Crippen LogP) is 5.21. The van der Waals surface area contributed by atoms with Gasteiger partial charge in [-0.05, 0) is 78.7 Å². The van der Waals surface area contributed by atoms with Gasteiger partial charge in [-0.25, -0.2) is 0 Å². The summed E-state index contributed by atoms with van der Waals surface area (Å²) in [5.41, 5.74) is 4.41. The Hall–Kier alpha value is -2.10. The lowest BCUT2D eigenvalue weighted by Gasteiger charge is -2.57. The number of pyridine rings is 1. The fourth-order valence-corrected chi connectivity index (χ4v) is 7.59. The summed E-state index contributed by atoms with van der Waals surface area (Å²) < 4.78 is 6.49. The second kappa shape index (κ2) is 6.96. The molecule has 6 atom stereocenters. The minimum Gasteiger partial charge on any atom is -0.619 e. The van der Waals surface area contributed by atoms with Crippen molar-refractivity contribution < 1.29 is 14.3 Å². The smallest absolute Gasteiger partial charge is 0.302 e. The molecule has 0 N–H and O–H groups in total. The van der Waals surface area contributed by atoms with Crippen LogP contribution >= 0.6 is 0 Å². The zero-order valence-corrected chi connectivity index (χ0v) is 18.4. The van der Waals surface area contributed by atoms with Gasteiger partial charge >= 0.3 is 5.97 Å². The van der Waals surface area contributed by atoms with E-state index in [1.54, 1.807) is 12.4 Å². The molecule has 160 valence electrons. The molecule has 0 aliphatic heterocycles. The Morgan fingerprint density at radius 3 is 2.70 bits per heavy atom. The first-order valence-electron chi connectivity index (χ1n) is 11.6. The van der Waals surface area contributed by atoms with Crippen molar-refractivity contribution in [2.45, 2.75) is 71.8 Å². The normalized spacial score (nSPS) is 39.8. The summed E-state index contributed by atoms with van der Waals surface area (Å²) in [5.74, 6) is 1.89. The van der Waals surface area contributed by atoms with Gasteiger partial charge in [0.25, 0.3) is 0 Å². The molecule has 1 aromatic rings. The maximum Gasteiger partial charge on any atom is 0.302 e. The lowest BCUT2D eigenvalue weighted by atomic mass is 9.47. The molecule has 0 bridgehead atoms. The zero-order chi connectivity index (χ0) is 21.1. The van der Waals surface area contributed by atoms with Gasteiger partial charge in [0, 0.05) is 25.0 Å². The molecule has 0 amide bonds. The topological polar surface area (TPSA) is 53.2 Å². The zero-order valence-electron chi connectivity index (χ0n) is 18.4. The minimum absolute atomic E-state index is 0.0591. The molecule has 0 radical (unpaired) electrons. The molecule has 0 aromatic carbocycles. The molecular formula is C26H33NO3. The van der Waals surface area contributed by atoms with Gasteiger partial charge in [-0.1, -0.05) is 31.6 Å². The van der Waals surface area contributed by atoms with Crippen molar-refractivity contribution in [3.63, 3.8) is 0 Å². The number of aromatic nitrogens is 1. The van der Waals surface area contributed by atoms with Crippen LogP contribution in [0.25, 0.3) is 5.57 Å². The van der Waals surface area contributed by atoms with Crippen molar-refractivity contribution in [2.24, 2.45) is 28.6 Å². The van der Waals surface area contributed by atoms with Crippen LogP contribution < -0.4 is 4.73 Å². The summed E-state index contributed by atoms with van der Waals surface area (Å²) in [7, 11) is 0. The number of allylic oxidation sites excluding steroid dienone is 3. The summed E-state index contributed by atoms with van der Waals surface area (Å²) >= 11 is 0. The second-order valence-corrected chi connectivity index (χ2v) is 10.5. The Labute approximate surface area is 179 Å². The van der Waals surface area contributed by atoms with E-state index in [1.807, 2.05) is 6.07 Å². The number of hydrogen-bond acceptors (Lipinski definition) is 3. The van der Waals surface area contributed by atoms with Crippen LogP contribution in [0.5, 0.6) is 0 Å². The van der Waals surface area contributed by atoms with Crippen molar-refractivity contribution in [1.29, 1.82) is 0 Å². The van der Waals surface area contributed by atoms with E-state index in [0.29, 0.717) is 17.8 Å². The molecule has 5 rings (SSSR count). The van der Waals surface area contributed by atoms with E-state index in [4.69, 9.17) is 4.74 Å². The molecule has 2 fully saturated rings. The number of fused-ring (bicyclic) bond motifs is 5. The summed E-state index contributed by atoms with van der Waals surface area (Å²) in [6.07, 6.45) is 16.0. The van der Waals surface area contributed by atoms with E-state index in [0.717, 1.165) is 42.4 Å². The monoisotopic (exact) mass is 407 g/mol. The maximum atomic E-state index is 11.9. The molecule has 2 saturated carbocycles. The van der Waals surface area contributed by atoms with Crippen LogP contribution in [0.1, 0.15) is 71.3 Å². The number of rotatable bonds is 2. The van der Waals surface area contributed by atoms with Crippen LogP contribution in [-0.4, -0.2) is 12.1 Å². The maximum absolute atomic E-state index is 11.9. The third kappa shape index (κ3) is 2.94. The lowest BCUT2D eigenvalue weighted by Crippen LogP contribution is -2.50. The van der Waals surface area contributed by atoms with Gasteiger partial charge in [0.1, 0.15) is 6.10 Å². The summed E-state index contributed by atoms with van der Waals surface area (Å²) in [4.78, 5) is 11.4. The predicted molar refractivity (Wildman–Crippen MR) is 116 cm³/mol. The van der Waals surface area contributed by atoms with Gasteiger partial charge < -0.3 is 9.94 Å². The molecule has 0 saturated heterocycles. The van der Waals surface area contributed by atoms with Crippen LogP contribution in [0, 0.1) is 33.8 Å². The van der Waals surface area contributed by atoms with Gasteiger partial charge in [-0.15, -0.1) is 0 Å². The highest BCUT2D eigenvalue weighted by Gasteiger charge is 2.57. The fourth-order valence-electron chi connectivity index (χ4n) is 7.59. The van der Waals surface area contributed by atoms with E-state index in [9.17, 15) is 10.0 Å². The van der Waals surface area contributed by atoms with E-state index < -0.39 is 0 Å². The van der Waals surface area contributed by atoms with Crippen molar-refractivity contribution in [1.82, 2.24) is 0 Å². The molecule has 3 unspecified atom stereocenters. The van der Waals surface area contributed by atoms with Crippen LogP contribution in [0.15, 0.2) is 42.3 Å². The highest BCUT2D eigenvalue weighted by Crippen LogP contribution is 2.66. The van der Waals surface area contributed by atoms with Crippen molar-refractivity contribution >= 4 is 11.5 Å². The fraction of sp³-hybridized carbons (Fsp3) is 0.615. The second-order valence-electron chi connectivity index (χ2n) is 10.5. The van der Waals surface area contributed by atoms with Crippen molar-refractivity contribution in [3.05, 3.63) is 53.0 Å². The number of carbonyl (C=O) groups excluding carboxylic acids is 1. The third-order valence-corrected chi connectivity index (χ3v) is 9.06. The SMILES string of the molecule is CC(=O)O[C@H]1CC[C@@]2(C)C(=CCC3C2CC[C@]2(C)C(c4ccc[n+]([O-])c4)=CCC32)C1. The Kier molecular flexibility index (Phi) is 4.61. The highest BCUT2D eigenvalue weighted by molar-refractivity contribution is 5.72. The van der Waals surface area contributed by atoms with Crippen LogP contribution in [0.2, 0.25) is 0 Å². The van der Waals surface area contributed by atoms with Crippen LogP contribution in [-0.2, 0) is 9.53 Å². The number of hydrogen-bond donors (Lipinski definition) is 0. The van der Waals surface area contributed by atoms with Gasteiger partial charge in [-0.3, -0.25) is 4.79 Å². The van der Waals surface area contributed by atoms with E-state index in [-0.39, 0.29) is 22.9 Å². The average Bonchev–Trinajstić information content (AvgIpc) is 3.05. The Balaban J connectivity index is 1.41. The third-order valence-electron chi connectivity index (χ3n) is 9.06. The minimum atomic E-state index is -0.156. The summed E-state index contributed by atoms with van der Waals surface area (Å²) in [6.45, 7) is 6.43. The van der Waals surface area contributed by atoms with Crippen molar-refractivity contribution in [2.75, 3.05) is 0 Å². The van der Waals surface area contributed by atoms with Crippen LogP contribution in [0.4, 0.5) is 0 Å². The quantitative estimate of drug-likeness (QED) is 0.293. The highest BCUT2D eigenvalue weighted by atomic mass is 16.5. The van der Waals surface area contributed by atoms with Gasteiger partial charge in [0.05, 0.1) is 0 Å². The summed E-state index contributed by atoms with van der Waals surface area (Å²) in [5, 5.41) is 11.9. The first kappa shape index (κ1) is 19.8. The molecule has 30 heavy (non-hydrogen) atoms. The number of ether oxygens (including phenoxy) is 1. The molecule has 1 aromatic heterocycles. The first-order chi connectivity index (χ1) is 14.3. The molecular weight excluding hydrogens is 374 g/mol. The van der Waals surface area contributed by atoms with Crippen LogP contribution in [0.3, 0.4) is 0 Å². The number of nitrogens with zero attached hydrogens (tertiary/aromatic N) is 1. The average molecular weight is 408 g/mol. The molecule has 4 aliphatic rings. The summed E-state index contributed by atoms with van der Waals surface area (Å²) in [6, 6.07) is 3.96. The van der Waals surface area contributed by atoms with Gasteiger partial charge in [0.2, 0.25) is 0 Å². The number of esters is 1. The largest absolute Gasteiger partial charge is 0.619 e. The molecule has 4 heteroatoms. The number of carbonyl (C=O) groups is 1. The Bertz CT molecular complexity index is 934. The molecule has 4 aliphatic carbocycles. The van der Waals surface area contributed by atoms with E-state index in [2.05, 4.69) is 32.1 Å². The lowest BCUT2D eigenvalue weighted by molar-refractivity contribution is -0.605. The van der Waals surface area contributed by atoms with Gasteiger partial charge in [-0.2, -0.15) is 4.73 Å². The van der Waals surface area contributed by atoms with E-state index in [1.165, 1.54) is 30.9 Å². The molecule has 1 heterocycles. The molecule has 0 spiro atoms. The first-order valence-corrected chi connectivity index (χ1v) is 11.6.